The van der Waals surface area contributed by atoms with Crippen molar-refractivity contribution in [1.29, 1.82) is 0 Å². The Balaban J connectivity index is 1.44. The normalized spacial score (nSPS) is 21.5. The van der Waals surface area contributed by atoms with Crippen LogP contribution in [0.4, 0.5) is 0 Å². The highest BCUT2D eigenvalue weighted by Crippen LogP contribution is 2.23. The summed E-state index contributed by atoms with van der Waals surface area (Å²) in [6.07, 6.45) is 8.22. The van der Waals surface area contributed by atoms with E-state index in [0.717, 1.165) is 50.8 Å². The van der Waals surface area contributed by atoms with E-state index in [9.17, 15) is 14.4 Å². The molecule has 0 spiro atoms. The van der Waals surface area contributed by atoms with Gasteiger partial charge in [0.05, 0.1) is 16.5 Å². The minimum atomic E-state index is -0.583. The molecule has 2 atom stereocenters. The average Bonchev–Trinajstić information content (AvgIpc) is 2.99. The van der Waals surface area contributed by atoms with E-state index >= 15 is 0 Å². The SMILES string of the molecule is C[C@@H]1CCCC[C@H]1NC(=O)COC(=O)c1ccc2c(=O)n3c(nc2c1)CCCCC3. The van der Waals surface area contributed by atoms with Gasteiger partial charge in [0.2, 0.25) is 0 Å². The second-order valence-electron chi connectivity index (χ2n) is 8.54. The zero-order valence-corrected chi connectivity index (χ0v) is 17.5. The van der Waals surface area contributed by atoms with Crippen LogP contribution in [0.15, 0.2) is 23.0 Å². The second kappa shape index (κ2) is 8.98. The fourth-order valence-electron chi connectivity index (χ4n) is 4.54. The molecule has 30 heavy (non-hydrogen) atoms. The van der Waals surface area contributed by atoms with Crippen LogP contribution in [-0.2, 0) is 22.5 Å². The molecule has 0 bridgehead atoms. The van der Waals surface area contributed by atoms with Gasteiger partial charge in [-0.3, -0.25) is 14.2 Å². The van der Waals surface area contributed by atoms with E-state index < -0.39 is 5.97 Å². The molecule has 1 aliphatic carbocycles. The van der Waals surface area contributed by atoms with Gasteiger partial charge in [0.25, 0.3) is 11.5 Å². The molecular formula is C23H29N3O4. The summed E-state index contributed by atoms with van der Waals surface area (Å²) < 4.78 is 6.97. The Morgan fingerprint density at radius 2 is 2.00 bits per heavy atom. The van der Waals surface area contributed by atoms with Crippen molar-refractivity contribution in [3.63, 3.8) is 0 Å². The number of fused-ring (bicyclic) bond motifs is 2. The summed E-state index contributed by atoms with van der Waals surface area (Å²) >= 11 is 0. The quantitative estimate of drug-likeness (QED) is 0.781. The van der Waals surface area contributed by atoms with Gasteiger partial charge in [-0.25, -0.2) is 9.78 Å². The molecule has 7 nitrogen and oxygen atoms in total. The van der Waals surface area contributed by atoms with Crippen molar-refractivity contribution in [3.05, 3.63) is 39.9 Å². The van der Waals surface area contributed by atoms with Crippen LogP contribution in [-0.4, -0.2) is 34.1 Å². The highest BCUT2D eigenvalue weighted by atomic mass is 16.5. The van der Waals surface area contributed by atoms with Crippen molar-refractivity contribution < 1.29 is 14.3 Å². The Hall–Kier alpha value is -2.70. The molecule has 4 rings (SSSR count). The first-order valence-corrected chi connectivity index (χ1v) is 11.0. The van der Waals surface area contributed by atoms with Crippen LogP contribution >= 0.6 is 0 Å². The number of esters is 1. The lowest BCUT2D eigenvalue weighted by Crippen LogP contribution is -2.42. The number of carbonyl (C=O) groups is 2. The van der Waals surface area contributed by atoms with E-state index in [1.54, 1.807) is 22.8 Å². The summed E-state index contributed by atoms with van der Waals surface area (Å²) in [4.78, 5) is 42.1. The van der Waals surface area contributed by atoms with Crippen molar-refractivity contribution >= 4 is 22.8 Å². The van der Waals surface area contributed by atoms with Gasteiger partial charge in [-0.2, -0.15) is 0 Å². The van der Waals surface area contributed by atoms with Crippen molar-refractivity contribution in [2.45, 2.75) is 70.9 Å². The Labute approximate surface area is 175 Å². The van der Waals surface area contributed by atoms with Gasteiger partial charge in [-0.1, -0.05) is 26.2 Å². The van der Waals surface area contributed by atoms with E-state index in [2.05, 4.69) is 17.2 Å². The first kappa shape index (κ1) is 20.6. The van der Waals surface area contributed by atoms with Gasteiger partial charge in [0.1, 0.15) is 5.82 Å². The third-order valence-electron chi connectivity index (χ3n) is 6.34. The van der Waals surface area contributed by atoms with Gasteiger partial charge in [0, 0.05) is 19.0 Å². The summed E-state index contributed by atoms with van der Waals surface area (Å²) in [6.45, 7) is 2.53. The molecule has 1 amide bonds. The smallest absolute Gasteiger partial charge is 0.338 e. The van der Waals surface area contributed by atoms with Crippen LogP contribution in [0.2, 0.25) is 0 Å². The van der Waals surface area contributed by atoms with Crippen LogP contribution in [0.1, 0.15) is 68.1 Å². The third kappa shape index (κ3) is 4.40. The molecule has 1 aromatic carbocycles. The van der Waals surface area contributed by atoms with Crippen LogP contribution in [0, 0.1) is 5.92 Å². The number of hydrogen-bond acceptors (Lipinski definition) is 5. The van der Waals surface area contributed by atoms with Crippen LogP contribution in [0.5, 0.6) is 0 Å². The number of aryl methyl sites for hydroxylation is 1. The Kier molecular flexibility index (Phi) is 6.16. The third-order valence-corrected chi connectivity index (χ3v) is 6.34. The van der Waals surface area contributed by atoms with Gasteiger partial charge < -0.3 is 10.1 Å². The van der Waals surface area contributed by atoms with Crippen LogP contribution in [0.25, 0.3) is 10.9 Å². The first-order valence-electron chi connectivity index (χ1n) is 11.0. The summed E-state index contributed by atoms with van der Waals surface area (Å²) in [5.41, 5.74) is 0.743. The Bertz CT molecular complexity index is 1010. The number of ether oxygens (including phenoxy) is 1. The molecule has 0 saturated heterocycles. The summed E-state index contributed by atoms with van der Waals surface area (Å²) in [5.74, 6) is 0.362. The standard InChI is InChI=1S/C23H29N3O4/c1-15-7-4-5-8-18(15)25-21(27)14-30-23(29)16-10-11-17-19(13-16)24-20-9-3-2-6-12-26(20)22(17)28/h10-11,13,15,18H,2-9,12,14H2,1H3,(H,25,27)/t15-,18-/m1/s1. The number of aromatic nitrogens is 2. The molecule has 1 fully saturated rings. The van der Waals surface area contributed by atoms with Gasteiger partial charge in [0.15, 0.2) is 6.61 Å². The molecule has 0 unspecified atom stereocenters. The molecule has 2 heterocycles. The number of rotatable bonds is 4. The zero-order valence-electron chi connectivity index (χ0n) is 17.5. The molecular weight excluding hydrogens is 382 g/mol. The minimum absolute atomic E-state index is 0.0576. The maximum Gasteiger partial charge on any atom is 0.338 e. The Morgan fingerprint density at radius 3 is 2.83 bits per heavy atom. The van der Waals surface area contributed by atoms with Gasteiger partial charge >= 0.3 is 5.97 Å². The van der Waals surface area contributed by atoms with E-state index in [4.69, 9.17) is 4.74 Å². The van der Waals surface area contributed by atoms with Crippen molar-refractivity contribution in [2.24, 2.45) is 5.92 Å². The molecule has 2 aliphatic rings. The topological polar surface area (TPSA) is 90.3 Å². The van der Waals surface area contributed by atoms with Crippen molar-refractivity contribution in [1.82, 2.24) is 14.9 Å². The lowest BCUT2D eigenvalue weighted by molar-refractivity contribution is -0.125. The molecule has 1 saturated carbocycles. The summed E-state index contributed by atoms with van der Waals surface area (Å²) in [6, 6.07) is 4.94. The maximum absolute atomic E-state index is 12.8. The number of hydrogen-bond donors (Lipinski definition) is 1. The molecule has 1 N–H and O–H groups in total. The van der Waals surface area contributed by atoms with E-state index in [1.165, 1.54) is 6.42 Å². The number of nitrogens with one attached hydrogen (secondary N) is 1. The Morgan fingerprint density at radius 1 is 1.17 bits per heavy atom. The molecule has 7 heteroatoms. The number of amides is 1. The first-order chi connectivity index (χ1) is 14.5. The minimum Gasteiger partial charge on any atom is -0.452 e. The molecule has 160 valence electrons. The number of carbonyl (C=O) groups excluding carboxylic acids is 2. The fourth-order valence-corrected chi connectivity index (χ4v) is 4.54. The van der Waals surface area contributed by atoms with Crippen LogP contribution in [0.3, 0.4) is 0 Å². The maximum atomic E-state index is 12.8. The van der Waals surface area contributed by atoms with E-state index in [0.29, 0.717) is 28.9 Å². The van der Waals surface area contributed by atoms with Gasteiger partial charge in [-0.05, 0) is 49.8 Å². The van der Waals surface area contributed by atoms with Gasteiger partial charge in [-0.15, -0.1) is 0 Å². The number of nitrogens with zero attached hydrogens (tertiary/aromatic N) is 2. The second-order valence-corrected chi connectivity index (χ2v) is 8.54. The largest absolute Gasteiger partial charge is 0.452 e. The van der Waals surface area contributed by atoms with Crippen molar-refractivity contribution in [2.75, 3.05) is 6.61 Å². The summed E-state index contributed by atoms with van der Waals surface area (Å²) in [7, 11) is 0. The highest BCUT2D eigenvalue weighted by molar-refractivity contribution is 5.95. The molecule has 0 radical (unpaired) electrons. The number of benzene rings is 1. The lowest BCUT2D eigenvalue weighted by atomic mass is 9.86. The highest BCUT2D eigenvalue weighted by Gasteiger charge is 2.23. The van der Waals surface area contributed by atoms with E-state index in [-0.39, 0.29) is 24.1 Å². The fraction of sp³-hybridized carbons (Fsp3) is 0.565. The van der Waals surface area contributed by atoms with E-state index in [1.807, 2.05) is 0 Å². The predicted molar refractivity (Wildman–Crippen MR) is 113 cm³/mol. The predicted octanol–water partition coefficient (Wildman–Crippen LogP) is 2.97. The molecule has 1 aromatic heterocycles. The molecule has 1 aliphatic heterocycles. The lowest BCUT2D eigenvalue weighted by Gasteiger charge is -2.29. The molecule has 2 aromatic rings. The zero-order chi connectivity index (χ0) is 21.1. The van der Waals surface area contributed by atoms with Crippen molar-refractivity contribution in [3.8, 4) is 0 Å². The average molecular weight is 412 g/mol. The van der Waals surface area contributed by atoms with Crippen LogP contribution < -0.4 is 10.9 Å². The summed E-state index contributed by atoms with van der Waals surface area (Å²) in [5, 5.41) is 3.48. The monoisotopic (exact) mass is 411 g/mol.